The number of nitrogen functional groups attached to an aromatic ring is 1. The highest BCUT2D eigenvalue weighted by Crippen LogP contribution is 2.39. The van der Waals surface area contributed by atoms with Gasteiger partial charge in [0, 0.05) is 17.8 Å². The first-order chi connectivity index (χ1) is 9.15. The Morgan fingerprint density at radius 2 is 1.85 bits per heavy atom. The normalized spacial score (nSPS) is 19.1. The van der Waals surface area contributed by atoms with Crippen molar-refractivity contribution in [2.24, 2.45) is 5.92 Å². The molecule has 2 saturated carbocycles. The second-order valence-electron chi connectivity index (χ2n) is 6.03. The fourth-order valence-electron chi connectivity index (χ4n) is 2.82. The molecular formula is C16H23ClN2O. The Kier molecular flexibility index (Phi) is 4.59. The number of carbonyl (C=O) groups is 1. The molecule has 0 bridgehead atoms. The number of amides is 1. The Morgan fingerprint density at radius 3 is 2.35 bits per heavy atom. The summed E-state index contributed by atoms with van der Waals surface area (Å²) in [4.78, 5) is 14.7. The molecule has 2 fully saturated rings. The van der Waals surface area contributed by atoms with Crippen molar-refractivity contribution in [3.05, 3.63) is 29.8 Å². The van der Waals surface area contributed by atoms with Crippen molar-refractivity contribution in [3.63, 3.8) is 0 Å². The van der Waals surface area contributed by atoms with E-state index in [1.54, 1.807) is 0 Å². The summed E-state index contributed by atoms with van der Waals surface area (Å²) >= 11 is 0. The average Bonchev–Trinajstić information content (AvgIpc) is 3.26. The van der Waals surface area contributed by atoms with Crippen LogP contribution in [0.1, 0.15) is 38.2 Å². The summed E-state index contributed by atoms with van der Waals surface area (Å²) < 4.78 is 0. The van der Waals surface area contributed by atoms with Gasteiger partial charge in [-0.2, -0.15) is 0 Å². The van der Waals surface area contributed by atoms with Crippen LogP contribution in [0.5, 0.6) is 0 Å². The van der Waals surface area contributed by atoms with Gasteiger partial charge in [0.25, 0.3) is 0 Å². The molecule has 0 aromatic heterocycles. The van der Waals surface area contributed by atoms with E-state index >= 15 is 0 Å². The summed E-state index contributed by atoms with van der Waals surface area (Å²) in [5.41, 5.74) is 7.49. The molecule has 4 heteroatoms. The van der Waals surface area contributed by atoms with E-state index < -0.39 is 0 Å². The minimum absolute atomic E-state index is 0. The van der Waals surface area contributed by atoms with Crippen LogP contribution in [0.15, 0.2) is 24.3 Å². The predicted molar refractivity (Wildman–Crippen MR) is 83.9 cm³/mol. The minimum atomic E-state index is 0. The zero-order valence-electron chi connectivity index (χ0n) is 11.9. The second kappa shape index (κ2) is 6.04. The van der Waals surface area contributed by atoms with E-state index in [1.165, 1.54) is 25.7 Å². The second-order valence-corrected chi connectivity index (χ2v) is 6.03. The first-order valence-corrected chi connectivity index (χ1v) is 7.30. The molecule has 1 aromatic carbocycles. The van der Waals surface area contributed by atoms with Crippen LogP contribution < -0.4 is 5.73 Å². The first-order valence-electron chi connectivity index (χ1n) is 7.30. The molecule has 0 radical (unpaired) electrons. The van der Waals surface area contributed by atoms with E-state index in [4.69, 9.17) is 5.73 Å². The lowest BCUT2D eigenvalue weighted by Crippen LogP contribution is -2.42. The average molecular weight is 295 g/mol. The van der Waals surface area contributed by atoms with Crippen molar-refractivity contribution in [3.8, 4) is 0 Å². The number of benzene rings is 1. The van der Waals surface area contributed by atoms with Gasteiger partial charge in [-0.3, -0.25) is 4.79 Å². The van der Waals surface area contributed by atoms with Gasteiger partial charge in [0.05, 0.1) is 6.42 Å². The van der Waals surface area contributed by atoms with Crippen molar-refractivity contribution in [2.45, 2.75) is 51.1 Å². The molecule has 0 saturated heterocycles. The molecule has 1 aromatic rings. The smallest absolute Gasteiger partial charge is 0.227 e. The fraction of sp³-hybridized carbons (Fsp3) is 0.562. The third-order valence-corrected chi connectivity index (χ3v) is 4.31. The van der Waals surface area contributed by atoms with Crippen LogP contribution in [0.25, 0.3) is 0 Å². The number of carbonyl (C=O) groups excluding carboxylic acids is 1. The van der Waals surface area contributed by atoms with Crippen LogP contribution in [0.2, 0.25) is 0 Å². The number of nitrogens with zero attached hydrogens (tertiary/aromatic N) is 1. The Hall–Kier alpha value is -1.22. The van der Waals surface area contributed by atoms with Crippen LogP contribution in [-0.4, -0.2) is 22.9 Å². The Balaban J connectivity index is 0.00000147. The molecule has 2 aliphatic carbocycles. The van der Waals surface area contributed by atoms with Gasteiger partial charge in [-0.15, -0.1) is 12.4 Å². The van der Waals surface area contributed by atoms with Gasteiger partial charge in [-0.25, -0.2) is 0 Å². The highest BCUT2D eigenvalue weighted by atomic mass is 35.5. The van der Waals surface area contributed by atoms with Crippen molar-refractivity contribution in [1.82, 2.24) is 4.90 Å². The summed E-state index contributed by atoms with van der Waals surface area (Å²) in [6.45, 7) is 2.22. The van der Waals surface area contributed by atoms with Crippen LogP contribution in [0, 0.1) is 5.92 Å². The van der Waals surface area contributed by atoms with Gasteiger partial charge in [-0.05, 0) is 56.2 Å². The molecular weight excluding hydrogens is 272 g/mol. The monoisotopic (exact) mass is 294 g/mol. The van der Waals surface area contributed by atoms with Crippen LogP contribution in [-0.2, 0) is 11.2 Å². The summed E-state index contributed by atoms with van der Waals surface area (Å²) in [5, 5.41) is 0. The largest absolute Gasteiger partial charge is 0.399 e. The maximum absolute atomic E-state index is 12.5. The minimum Gasteiger partial charge on any atom is -0.399 e. The lowest BCUT2D eigenvalue weighted by Gasteiger charge is -2.29. The molecule has 20 heavy (non-hydrogen) atoms. The van der Waals surface area contributed by atoms with E-state index in [0.717, 1.165) is 17.2 Å². The molecule has 1 unspecified atom stereocenters. The van der Waals surface area contributed by atoms with Crippen molar-refractivity contribution in [2.75, 3.05) is 5.73 Å². The van der Waals surface area contributed by atoms with Gasteiger partial charge in [0.15, 0.2) is 0 Å². The van der Waals surface area contributed by atoms with Crippen LogP contribution >= 0.6 is 12.4 Å². The van der Waals surface area contributed by atoms with E-state index in [9.17, 15) is 4.79 Å². The van der Waals surface area contributed by atoms with Crippen LogP contribution in [0.3, 0.4) is 0 Å². The van der Waals surface area contributed by atoms with Crippen molar-refractivity contribution >= 4 is 24.0 Å². The number of anilines is 1. The Morgan fingerprint density at radius 1 is 1.25 bits per heavy atom. The molecule has 1 atom stereocenters. The molecule has 2 aliphatic rings. The number of rotatable bonds is 5. The molecule has 2 N–H and O–H groups in total. The maximum Gasteiger partial charge on any atom is 0.227 e. The predicted octanol–water partition coefficient (Wildman–Crippen LogP) is 3.02. The maximum atomic E-state index is 12.5. The number of nitrogens with two attached hydrogens (primary N) is 1. The van der Waals surface area contributed by atoms with E-state index in [2.05, 4.69) is 11.8 Å². The SMILES string of the molecule is CC(C1CC1)N(C(=O)Cc1ccc(N)cc1)C1CC1.Cl. The molecule has 0 aliphatic heterocycles. The molecule has 1 amide bonds. The van der Waals surface area contributed by atoms with Crippen molar-refractivity contribution in [1.29, 1.82) is 0 Å². The van der Waals surface area contributed by atoms with E-state index in [0.29, 0.717) is 18.5 Å². The van der Waals surface area contributed by atoms with Gasteiger partial charge in [0.1, 0.15) is 0 Å². The highest BCUT2D eigenvalue weighted by Gasteiger charge is 2.41. The van der Waals surface area contributed by atoms with E-state index in [1.807, 2.05) is 24.3 Å². The summed E-state index contributed by atoms with van der Waals surface area (Å²) in [6, 6.07) is 8.59. The standard InChI is InChI=1S/C16H22N2O.ClH/c1-11(13-4-5-13)18(15-8-9-15)16(19)10-12-2-6-14(17)7-3-12;/h2-3,6-7,11,13,15H,4-5,8-10,17H2,1H3;1H. The van der Waals surface area contributed by atoms with Gasteiger partial charge in [-0.1, -0.05) is 12.1 Å². The zero-order valence-corrected chi connectivity index (χ0v) is 12.7. The van der Waals surface area contributed by atoms with Crippen LogP contribution in [0.4, 0.5) is 5.69 Å². The Labute approximate surface area is 126 Å². The third kappa shape index (κ3) is 3.45. The molecule has 110 valence electrons. The fourth-order valence-corrected chi connectivity index (χ4v) is 2.82. The highest BCUT2D eigenvalue weighted by molar-refractivity contribution is 5.85. The van der Waals surface area contributed by atoms with Gasteiger partial charge >= 0.3 is 0 Å². The number of halogens is 1. The molecule has 3 rings (SSSR count). The van der Waals surface area contributed by atoms with Gasteiger partial charge < -0.3 is 10.6 Å². The molecule has 0 spiro atoms. The Bertz CT molecular complexity index is 466. The number of hydrogen-bond acceptors (Lipinski definition) is 2. The van der Waals surface area contributed by atoms with Crippen molar-refractivity contribution < 1.29 is 4.79 Å². The van der Waals surface area contributed by atoms with E-state index in [-0.39, 0.29) is 18.3 Å². The van der Waals surface area contributed by atoms with Gasteiger partial charge in [0.2, 0.25) is 5.91 Å². The molecule has 0 heterocycles. The third-order valence-electron chi connectivity index (χ3n) is 4.31. The zero-order chi connectivity index (χ0) is 13.4. The summed E-state index contributed by atoms with van der Waals surface area (Å²) in [7, 11) is 0. The topological polar surface area (TPSA) is 46.3 Å². The summed E-state index contributed by atoms with van der Waals surface area (Å²) in [6.07, 6.45) is 5.46. The molecule has 3 nitrogen and oxygen atoms in total. The first kappa shape index (κ1) is 15.2. The lowest BCUT2D eigenvalue weighted by molar-refractivity contribution is -0.133. The quantitative estimate of drug-likeness (QED) is 0.849. The lowest BCUT2D eigenvalue weighted by atomic mass is 10.1. The number of hydrogen-bond donors (Lipinski definition) is 1. The summed E-state index contributed by atoms with van der Waals surface area (Å²) in [5.74, 6) is 1.03.